The minimum atomic E-state index is -1.77. The Morgan fingerprint density at radius 3 is 1.48 bits per heavy atom. The summed E-state index contributed by atoms with van der Waals surface area (Å²) < 4.78 is 10.8. The quantitative estimate of drug-likeness (QED) is 0.0271. The van der Waals surface area contributed by atoms with Crippen LogP contribution in [-0.2, 0) is 101 Å². The van der Waals surface area contributed by atoms with Crippen molar-refractivity contribution in [2.45, 2.75) is 268 Å². The van der Waals surface area contributed by atoms with Crippen molar-refractivity contribution in [2.24, 2.45) is 64.9 Å². The van der Waals surface area contributed by atoms with Gasteiger partial charge in [-0.3, -0.25) is 76.7 Å². The number of benzene rings is 3. The predicted octanol–water partition coefficient (Wildman–Crippen LogP) is 7.81. The number of amides is 11. The number of likely N-dealkylation sites (N-methyl/N-ethyl adjacent to an activating group) is 7. The van der Waals surface area contributed by atoms with Crippen LogP contribution in [0.1, 0.15) is 215 Å². The molecule has 4 aromatic rings. The van der Waals surface area contributed by atoms with E-state index in [2.05, 4.69) is 20.9 Å². The normalized spacial score (nSPS) is 22.4. The molecule has 1 aromatic heterocycles. The Hall–Kier alpha value is -10.8. The number of primary amides is 1. The van der Waals surface area contributed by atoms with E-state index in [9.17, 15) is 62.6 Å². The van der Waals surface area contributed by atoms with E-state index in [1.165, 1.54) is 106 Å². The number of Topliss-reactive ketones (excluding diaryl/α,β-unsaturated/α-hetero) is 3. The van der Waals surface area contributed by atoms with E-state index in [1.807, 2.05) is 55.4 Å². The highest BCUT2D eigenvalue weighted by molar-refractivity contribution is 6.02. The molecule has 3 aromatic carbocycles. The molecule has 32 heteroatoms. The van der Waals surface area contributed by atoms with E-state index in [0.717, 1.165) is 15.4 Å². The van der Waals surface area contributed by atoms with Crippen LogP contribution in [0.4, 0.5) is 0 Å². The first-order chi connectivity index (χ1) is 59.0. The molecule has 0 unspecified atom stereocenters. The van der Waals surface area contributed by atoms with E-state index < -0.39 is 203 Å². The number of nitrogens with one attached hydrogen (secondary N) is 4. The summed E-state index contributed by atoms with van der Waals surface area (Å²) >= 11 is 0. The van der Waals surface area contributed by atoms with Crippen LogP contribution >= 0.6 is 0 Å². The third-order valence-electron chi connectivity index (χ3n) is 23.7. The number of ketones is 3. The van der Waals surface area contributed by atoms with E-state index in [1.54, 1.807) is 102 Å². The van der Waals surface area contributed by atoms with Gasteiger partial charge >= 0.3 is 11.9 Å². The van der Waals surface area contributed by atoms with Crippen LogP contribution in [0.25, 0.3) is 11.0 Å². The molecule has 0 saturated carbocycles. The minimum Gasteiger partial charge on any atom is -0.461 e. The lowest BCUT2D eigenvalue weighted by molar-refractivity contribution is -0.157. The summed E-state index contributed by atoms with van der Waals surface area (Å²) in [7, 11) is 9.88. The number of hydrogen-bond donors (Lipinski definition) is 6. The number of nitrogens with zero attached hydrogens (tertiary/aromatic N) is 8. The van der Waals surface area contributed by atoms with E-state index in [0.29, 0.717) is 11.1 Å². The summed E-state index contributed by atoms with van der Waals surface area (Å²) in [5.41, 5.74) is 7.75. The maximum Gasteiger partial charge on any atom is 0.306 e. The molecule has 0 radical (unpaired) electrons. The molecule has 14 atom stereocenters. The molecule has 32 nitrogen and oxygen atoms in total. The topological polar surface area (TPSA) is 425 Å². The van der Waals surface area contributed by atoms with E-state index in [-0.39, 0.29) is 131 Å². The number of ether oxygens (including phenoxy) is 2. The summed E-state index contributed by atoms with van der Waals surface area (Å²) in [6.07, 6.45) is -3.87. The van der Waals surface area contributed by atoms with Crippen LogP contribution in [0.2, 0.25) is 0 Å². The molecule has 0 bridgehead atoms. The fourth-order valence-corrected chi connectivity index (χ4v) is 16.0. The number of aromatic amines is 1. The number of aromatic nitrogens is 2. The Labute approximate surface area is 743 Å². The van der Waals surface area contributed by atoms with Crippen molar-refractivity contribution in [2.75, 3.05) is 55.9 Å². The third kappa shape index (κ3) is 30.5. The lowest BCUT2D eigenvalue weighted by Crippen LogP contribution is -2.62. The number of imidazole rings is 1. The molecule has 1 fully saturated rings. The van der Waals surface area contributed by atoms with Crippen LogP contribution in [0.5, 0.6) is 0 Å². The number of esters is 2. The fourth-order valence-electron chi connectivity index (χ4n) is 16.0. The Kier molecular flexibility index (Phi) is 41.4. The van der Waals surface area contributed by atoms with Crippen molar-refractivity contribution >= 4 is 105 Å². The van der Waals surface area contributed by atoms with E-state index in [4.69, 9.17) is 20.2 Å². The number of hydrogen-bond acceptors (Lipinski definition) is 20. The number of aliphatic hydroxyl groups is 1. The van der Waals surface area contributed by atoms with Gasteiger partial charge in [-0.15, -0.1) is 0 Å². The number of nitrogens with two attached hydrogens (primary N) is 1. The molecule has 11 amide bonds. The summed E-state index contributed by atoms with van der Waals surface area (Å²) in [4.78, 5) is 249. The summed E-state index contributed by atoms with van der Waals surface area (Å²) in [6.45, 7) is 27.4. The summed E-state index contributed by atoms with van der Waals surface area (Å²) in [5.74, 6) is -16.8. The van der Waals surface area contributed by atoms with Crippen molar-refractivity contribution in [3.05, 3.63) is 101 Å². The third-order valence-corrected chi connectivity index (χ3v) is 23.7. The molecule has 126 heavy (non-hydrogen) atoms. The van der Waals surface area contributed by atoms with Gasteiger partial charge in [0.15, 0.2) is 17.3 Å². The molecule has 2 heterocycles. The first kappa shape index (κ1) is 106. The van der Waals surface area contributed by atoms with Gasteiger partial charge in [-0.1, -0.05) is 165 Å². The zero-order chi connectivity index (χ0) is 94.7. The highest BCUT2D eigenvalue weighted by Gasteiger charge is 2.47. The van der Waals surface area contributed by atoms with Gasteiger partial charge in [-0.25, -0.2) is 4.98 Å². The Morgan fingerprint density at radius 1 is 0.524 bits per heavy atom. The van der Waals surface area contributed by atoms with Crippen molar-refractivity contribution in [3.8, 4) is 0 Å². The minimum absolute atomic E-state index is 0.00872. The van der Waals surface area contributed by atoms with Crippen molar-refractivity contribution in [3.63, 3.8) is 0 Å². The van der Waals surface area contributed by atoms with Crippen LogP contribution < -0.4 is 21.7 Å². The number of rotatable bonds is 30. The van der Waals surface area contributed by atoms with Gasteiger partial charge in [0.25, 0.3) is 5.91 Å². The molecule has 1 aliphatic heterocycles. The summed E-state index contributed by atoms with van der Waals surface area (Å²) in [5, 5.41) is 20.9. The van der Waals surface area contributed by atoms with Crippen LogP contribution in [0.15, 0.2) is 78.9 Å². The number of H-pyrrole nitrogens is 1. The van der Waals surface area contributed by atoms with Gasteiger partial charge in [0.1, 0.15) is 61.3 Å². The Bertz CT molecular complexity index is 4420. The van der Waals surface area contributed by atoms with Crippen LogP contribution in [0, 0.1) is 59.2 Å². The SMILES string of the molecule is CC[C@@H]1CC(=O)[C@H]([C@H](O)[C@H](C)Cc2nc3ccc(C(=O)N[C@@H](CCC(=O)OCc4ccccc4)C(=O)N[C@@H](CCC(=O)OCc4ccccc4)C(N)=O)cc3[nH]2)N(C)C(=O)[C@H](C(C)C)N(C)C(=O)[C@H](CC(C)C)N(C)C(=O)[C@H](CC(C)C)N(C)C(=O)[C@@H](C)NC(=O)[C@H](C)CC(=O)[C@H](CC(C)C)N(C)C(=O)[C@H](C(C)C)CC(=O)[C@H](CC(C)C)N(C)C(=O)CN(C)C1=O. The van der Waals surface area contributed by atoms with Crippen LogP contribution in [0.3, 0.4) is 0 Å². The molecule has 7 N–H and O–H groups in total. The smallest absolute Gasteiger partial charge is 0.306 e. The zero-order valence-electron chi connectivity index (χ0n) is 78.3. The first-order valence-corrected chi connectivity index (χ1v) is 44.2. The summed E-state index contributed by atoms with van der Waals surface area (Å²) in [6, 6.07) is 10.2. The van der Waals surface area contributed by atoms with Gasteiger partial charge in [0.2, 0.25) is 59.1 Å². The average Bonchev–Trinajstić information content (AvgIpc) is 1.22. The van der Waals surface area contributed by atoms with Gasteiger partial charge in [-0.2, -0.15) is 0 Å². The second-order valence-corrected chi connectivity index (χ2v) is 36.7. The lowest BCUT2D eigenvalue weighted by Gasteiger charge is -2.41. The molecule has 0 aliphatic carbocycles. The van der Waals surface area contributed by atoms with Crippen molar-refractivity contribution in [1.82, 2.24) is 60.2 Å². The molecule has 5 rings (SSSR count). The monoisotopic (exact) mass is 1760 g/mol. The molecular formula is C94H141N13O19. The standard InChI is InChI=1S/C94H141N13O19/c1-24-64-48-77(110)83(84(114)59(14)46-78-97-67-36-35-65(47-70(67)98-78)87(117)100-69(38-40-81(113)126-52-63-33-29-26-30-34-63)88(118)99-68(85(95)115)37-39-80(112)125-51-62-31-27-25-28-32-62)107(23)94(124)82(58(12)13)106(22)93(123)74(44-56(8)9)105(21)92(122)73(43-55(6)7)104(20)89(119)61(16)96-86(116)60(15)45-75(108)72(42-54(4)5)103(19)91(121)66(57(10)11)49-76(109)71(41-53(2)3)102(18)79(111)50-101(17)90(64)120/h25-36,47,53-61,64,66,68-69,71-74,82-84,114H,24,37-46,48-52H2,1-23H3,(H2,95,115)(H,96,116)(H,97,98)(H,99,118)(H,100,117)/t59-,60-,61-,64-,66+,68+,69+,71+,72+,73+,74+,82+,83-,84-/m1/s1. The largest absolute Gasteiger partial charge is 0.461 e. The van der Waals surface area contributed by atoms with Crippen molar-refractivity contribution < 1.29 is 91.3 Å². The molecule has 1 aliphatic rings. The molecule has 696 valence electrons. The fraction of sp³-hybridized carbons (Fsp3) is 0.628. The van der Waals surface area contributed by atoms with Gasteiger partial charge in [0.05, 0.1) is 35.8 Å². The maximum atomic E-state index is 15.8. The molecular weight excluding hydrogens is 1620 g/mol. The van der Waals surface area contributed by atoms with Crippen molar-refractivity contribution in [1.29, 1.82) is 0 Å². The molecule has 0 spiro atoms. The maximum absolute atomic E-state index is 15.8. The average molecular weight is 1760 g/mol. The molecule has 1 saturated heterocycles. The lowest BCUT2D eigenvalue weighted by atomic mass is 9.84. The van der Waals surface area contributed by atoms with Gasteiger partial charge in [-0.05, 0) is 123 Å². The Balaban J connectivity index is 1.58. The van der Waals surface area contributed by atoms with Crippen LogP contribution in [-0.4, -0.2) is 260 Å². The zero-order valence-corrected chi connectivity index (χ0v) is 78.3. The Morgan fingerprint density at radius 2 is 0.992 bits per heavy atom. The number of carbonyl (C=O) groups excluding carboxylic acids is 16. The number of carbonyl (C=O) groups is 16. The van der Waals surface area contributed by atoms with E-state index >= 15 is 19.2 Å². The van der Waals surface area contributed by atoms with Gasteiger partial charge in [0, 0.05) is 111 Å². The van der Waals surface area contributed by atoms with Gasteiger partial charge < -0.3 is 75.5 Å². The first-order valence-electron chi connectivity index (χ1n) is 44.2. The second kappa shape index (κ2) is 49.4. The number of aliphatic hydroxyl groups excluding tert-OH is 1. The highest BCUT2D eigenvalue weighted by atomic mass is 16.5. The predicted molar refractivity (Wildman–Crippen MR) is 476 cm³/mol. The number of fused-ring (bicyclic) bond motifs is 1. The second-order valence-electron chi connectivity index (χ2n) is 36.7. The highest BCUT2D eigenvalue weighted by Crippen LogP contribution is 2.31.